The van der Waals surface area contributed by atoms with Crippen LogP contribution in [0.4, 0.5) is 11.4 Å². The lowest BCUT2D eigenvalue weighted by molar-refractivity contribution is -0.148. The Bertz CT molecular complexity index is 1830. The molecule has 0 radical (unpaired) electrons. The van der Waals surface area contributed by atoms with Gasteiger partial charge in [-0.25, -0.2) is 0 Å². The van der Waals surface area contributed by atoms with Gasteiger partial charge in [0.05, 0.1) is 36.7 Å². The minimum absolute atomic E-state index is 0.259. The molecule has 0 aromatic heterocycles. The number of nitrogens with one attached hydrogen (secondary N) is 6. The van der Waals surface area contributed by atoms with Gasteiger partial charge < -0.3 is 51.2 Å². The summed E-state index contributed by atoms with van der Waals surface area (Å²) in [6, 6.07) is 10.3. The molecule has 4 fully saturated rings. The van der Waals surface area contributed by atoms with Crippen LogP contribution in [-0.2, 0) is 38.2 Å². The van der Waals surface area contributed by atoms with Crippen molar-refractivity contribution in [3.8, 4) is 0 Å². The minimum Gasteiger partial charge on any atom is -0.358 e. The van der Waals surface area contributed by atoms with Crippen molar-refractivity contribution >= 4 is 68.4 Å². The average molecular weight is 867 g/mol. The van der Waals surface area contributed by atoms with Crippen LogP contribution in [0.3, 0.4) is 0 Å². The molecule has 1 unspecified atom stereocenters. The smallest absolute Gasteiger partial charge is 0.247 e. The summed E-state index contributed by atoms with van der Waals surface area (Å²) in [6.45, 7) is 11.7. The van der Waals surface area contributed by atoms with Crippen molar-refractivity contribution in [1.29, 1.82) is 0 Å². The molecular formula is C42H58N8O8S2. The number of hydrogen-bond donors (Lipinski definition) is 6. The van der Waals surface area contributed by atoms with Gasteiger partial charge in [0, 0.05) is 22.6 Å². The number of anilines is 2. The van der Waals surface area contributed by atoms with E-state index in [9.17, 15) is 28.8 Å². The maximum atomic E-state index is 14.3. The summed E-state index contributed by atoms with van der Waals surface area (Å²) in [7, 11) is 6.12. The van der Waals surface area contributed by atoms with Crippen LogP contribution in [0.15, 0.2) is 58.3 Å². The Labute approximate surface area is 359 Å². The Hall–Kier alpha value is -4.20. The highest BCUT2D eigenvalue weighted by atomic mass is 33.1. The number of benzene rings is 2. The number of fused-ring (bicyclic) bond motifs is 2. The fourth-order valence-electron chi connectivity index (χ4n) is 8.34. The zero-order chi connectivity index (χ0) is 43.5. The third-order valence-corrected chi connectivity index (χ3v) is 14.4. The first-order chi connectivity index (χ1) is 28.5. The third kappa shape index (κ3) is 9.63. The van der Waals surface area contributed by atoms with E-state index >= 15 is 0 Å². The van der Waals surface area contributed by atoms with Gasteiger partial charge in [-0.1, -0.05) is 73.5 Å². The number of amides is 6. The van der Waals surface area contributed by atoms with Gasteiger partial charge >= 0.3 is 0 Å². The molecule has 6 rings (SSSR count). The fraction of sp³-hybridized carbons (Fsp3) is 0.571. The molecule has 0 aliphatic carbocycles. The van der Waals surface area contributed by atoms with Crippen molar-refractivity contribution in [1.82, 2.24) is 31.1 Å². The minimum atomic E-state index is -0.875. The van der Waals surface area contributed by atoms with E-state index in [0.717, 1.165) is 9.79 Å². The number of likely N-dealkylation sites (N-methyl/N-ethyl adjacent to an activating group) is 2. The number of ether oxygens (including phenoxy) is 2. The predicted molar refractivity (Wildman–Crippen MR) is 230 cm³/mol. The van der Waals surface area contributed by atoms with Gasteiger partial charge in [0.15, 0.2) is 0 Å². The summed E-state index contributed by atoms with van der Waals surface area (Å²) < 4.78 is 12.2. The van der Waals surface area contributed by atoms with Crippen molar-refractivity contribution in [3.05, 3.63) is 48.5 Å². The second kappa shape index (κ2) is 18.8. The predicted octanol–water partition coefficient (Wildman–Crippen LogP) is 3.30. The highest BCUT2D eigenvalue weighted by Gasteiger charge is 2.56. The van der Waals surface area contributed by atoms with Crippen LogP contribution in [0.2, 0.25) is 0 Å². The van der Waals surface area contributed by atoms with Crippen molar-refractivity contribution in [2.45, 2.75) is 126 Å². The molecule has 2 aromatic rings. The summed E-state index contributed by atoms with van der Waals surface area (Å²) in [5.41, 5.74) is -0.192. The summed E-state index contributed by atoms with van der Waals surface area (Å²) in [5, 5.41) is 17.6. The fourth-order valence-corrected chi connectivity index (χ4v) is 10.6. The van der Waals surface area contributed by atoms with Crippen LogP contribution >= 0.6 is 21.6 Å². The topological polar surface area (TPSA) is 200 Å². The Balaban J connectivity index is 1.16. The number of para-hydroxylation sites is 2. The highest BCUT2D eigenvalue weighted by molar-refractivity contribution is 8.76. The Morgan fingerprint density at radius 2 is 1.02 bits per heavy atom. The SMILES string of the molecule is CN[C@@H](C)C(=O)N[C@H]1CCO[C@H]2CC(C)(C)C(C(=O)Nc3ccccc3SSc3ccccc3NC(=O)[C@H]3N4C(=O)[C@@H](NC(=O)[C@H](C)NC)CCO[C@H]4CC3(C)C)N2C1=O. The molecular weight excluding hydrogens is 809 g/mol. The first-order valence-corrected chi connectivity index (χ1v) is 22.6. The van der Waals surface area contributed by atoms with Gasteiger partial charge in [0.1, 0.15) is 36.6 Å². The van der Waals surface area contributed by atoms with Crippen LogP contribution < -0.4 is 31.9 Å². The standard InChI is InChI=1S/C42H58N8O8S2/c1-23(43-7)35(51)47-27-17-19-57-31-21-41(3,4)33(49(31)39(27)55)37(53)45-25-13-9-11-15-29(25)59-60-30-16-12-10-14-26(30)46-38(54)34-42(5,6)22-32-50(34)40(56)28(18-20-58-32)48-36(52)24(2)44-8/h9-16,23-24,27-28,31-34,43-44H,17-22H2,1-8H3,(H,45,53)(H,46,54)(H,47,51)(H,48,52)/t23-,24-,27-,28-,31-,32-,33+,34?/m0/s1. The number of rotatable bonds is 13. The molecule has 326 valence electrons. The zero-order valence-corrected chi connectivity index (χ0v) is 37.1. The van der Waals surface area contributed by atoms with E-state index in [1.807, 2.05) is 64.1 Å². The van der Waals surface area contributed by atoms with E-state index < -0.39 is 59.5 Å². The lowest BCUT2D eigenvalue weighted by atomic mass is 9.83. The molecule has 0 spiro atoms. The van der Waals surface area contributed by atoms with E-state index in [-0.39, 0.29) is 48.7 Å². The summed E-state index contributed by atoms with van der Waals surface area (Å²) >= 11 is 0. The van der Waals surface area contributed by atoms with Gasteiger partial charge in [-0.2, -0.15) is 0 Å². The Morgan fingerprint density at radius 1 is 0.650 bits per heavy atom. The summed E-state index contributed by atoms with van der Waals surface area (Å²) in [6.07, 6.45) is 0.259. The quantitative estimate of drug-likeness (QED) is 0.161. The van der Waals surface area contributed by atoms with Gasteiger partial charge in [-0.3, -0.25) is 28.8 Å². The van der Waals surface area contributed by atoms with Crippen LogP contribution in [0.25, 0.3) is 0 Å². The van der Waals surface area contributed by atoms with E-state index in [2.05, 4.69) is 31.9 Å². The number of carbonyl (C=O) groups excluding carboxylic acids is 6. The van der Waals surface area contributed by atoms with Crippen LogP contribution in [0, 0.1) is 10.8 Å². The van der Waals surface area contributed by atoms with Crippen molar-refractivity contribution < 1.29 is 38.2 Å². The first kappa shape index (κ1) is 45.3. The van der Waals surface area contributed by atoms with Crippen molar-refractivity contribution in [3.63, 3.8) is 0 Å². The zero-order valence-electron chi connectivity index (χ0n) is 35.5. The molecule has 4 aliphatic rings. The third-order valence-electron chi connectivity index (χ3n) is 11.9. The van der Waals surface area contributed by atoms with E-state index in [4.69, 9.17) is 9.47 Å². The van der Waals surface area contributed by atoms with Crippen molar-refractivity contribution in [2.75, 3.05) is 37.9 Å². The second-order valence-electron chi connectivity index (χ2n) is 17.2. The number of hydrogen-bond acceptors (Lipinski definition) is 12. The maximum absolute atomic E-state index is 14.3. The second-order valence-corrected chi connectivity index (χ2v) is 19.4. The molecule has 8 atom stereocenters. The molecule has 4 heterocycles. The molecule has 6 amide bonds. The molecule has 0 bridgehead atoms. The molecule has 60 heavy (non-hydrogen) atoms. The number of carbonyl (C=O) groups is 6. The van der Waals surface area contributed by atoms with E-state index in [1.54, 1.807) is 40.1 Å². The molecule has 4 aliphatic heterocycles. The van der Waals surface area contributed by atoms with Crippen molar-refractivity contribution in [2.24, 2.45) is 10.8 Å². The summed E-state index contributed by atoms with van der Waals surface area (Å²) in [4.78, 5) is 86.6. The average Bonchev–Trinajstić information content (AvgIpc) is 3.53. The Morgan fingerprint density at radius 3 is 1.38 bits per heavy atom. The van der Waals surface area contributed by atoms with E-state index in [1.165, 1.54) is 31.4 Å². The lowest BCUT2D eigenvalue weighted by Gasteiger charge is -2.34. The molecule has 6 N–H and O–H groups in total. The van der Waals surface area contributed by atoms with Gasteiger partial charge in [0.2, 0.25) is 35.4 Å². The molecule has 18 heteroatoms. The van der Waals surface area contributed by atoms with Crippen LogP contribution in [0.1, 0.15) is 67.2 Å². The first-order valence-electron chi connectivity index (χ1n) is 20.4. The molecule has 0 saturated carbocycles. The molecule has 16 nitrogen and oxygen atoms in total. The van der Waals surface area contributed by atoms with E-state index in [0.29, 0.717) is 37.1 Å². The summed E-state index contributed by atoms with van der Waals surface area (Å²) in [5.74, 6) is -2.08. The molecule has 2 aromatic carbocycles. The van der Waals surface area contributed by atoms with Crippen LogP contribution in [0.5, 0.6) is 0 Å². The lowest BCUT2D eigenvalue weighted by Crippen LogP contribution is -2.57. The van der Waals surface area contributed by atoms with Gasteiger partial charge in [0.25, 0.3) is 0 Å². The highest BCUT2D eigenvalue weighted by Crippen LogP contribution is 2.47. The number of nitrogens with zero attached hydrogens (tertiary/aromatic N) is 2. The normalized spacial score (nSPS) is 26.8. The van der Waals surface area contributed by atoms with Crippen LogP contribution in [-0.4, -0.2) is 121 Å². The largest absolute Gasteiger partial charge is 0.358 e. The van der Waals surface area contributed by atoms with Gasteiger partial charge in [-0.15, -0.1) is 0 Å². The van der Waals surface area contributed by atoms with Gasteiger partial charge in [-0.05, 0) is 75.9 Å². The molecule has 4 saturated heterocycles. The maximum Gasteiger partial charge on any atom is 0.247 e. The monoisotopic (exact) mass is 866 g/mol. The Kier molecular flexibility index (Phi) is 14.2.